The summed E-state index contributed by atoms with van der Waals surface area (Å²) in [7, 11) is 5.03. The molecule has 0 fully saturated rings. The van der Waals surface area contributed by atoms with Crippen molar-refractivity contribution in [1.82, 2.24) is 8.61 Å². The van der Waals surface area contributed by atoms with E-state index < -0.39 is 22.5 Å². The number of hydrogen-bond donors (Lipinski definition) is 0. The summed E-state index contributed by atoms with van der Waals surface area (Å²) in [5, 5.41) is 0. The van der Waals surface area contributed by atoms with Crippen LogP contribution < -0.4 is 0 Å². The molecule has 0 spiro atoms. The van der Waals surface area contributed by atoms with E-state index in [4.69, 9.17) is 0 Å². The first-order valence-corrected chi connectivity index (χ1v) is 5.46. The summed E-state index contributed by atoms with van der Waals surface area (Å²) in [5.74, 6) is 0. The molecule has 0 aliphatic rings. The fourth-order valence-corrected chi connectivity index (χ4v) is 0.447. The Labute approximate surface area is 91.1 Å². The van der Waals surface area contributed by atoms with E-state index in [9.17, 15) is 17.5 Å². The summed E-state index contributed by atoms with van der Waals surface area (Å²) >= 11 is -5.34. The standard InChI is InChI=1S/C4H11N.CH5NO4S2.CH4/c1-4-5(2)3;1-2(7(3)4)8(5)6;/h4H2,1-3H3;1H3,(H,3,4)(H,5,6);1H4/p-2. The smallest absolute Gasteiger partial charge is 0.0320 e. The Morgan fingerprint density at radius 3 is 1.29 bits per heavy atom. The maximum Gasteiger partial charge on any atom is 0.0320 e. The van der Waals surface area contributed by atoms with Crippen LogP contribution in [0.1, 0.15) is 14.4 Å². The first kappa shape index (κ1) is 19.7. The van der Waals surface area contributed by atoms with E-state index in [-0.39, 0.29) is 11.1 Å². The molecule has 0 saturated carbocycles. The highest BCUT2D eigenvalue weighted by Crippen LogP contribution is 1.86. The van der Waals surface area contributed by atoms with Crippen LogP contribution in [0.5, 0.6) is 0 Å². The lowest BCUT2D eigenvalue weighted by Gasteiger charge is -2.19. The zero-order valence-corrected chi connectivity index (χ0v) is 9.68. The van der Waals surface area contributed by atoms with Crippen molar-refractivity contribution < 1.29 is 17.5 Å². The Hall–Kier alpha value is 0.140. The van der Waals surface area contributed by atoms with Crippen LogP contribution in [0.25, 0.3) is 0 Å². The van der Waals surface area contributed by atoms with Gasteiger partial charge in [-0.2, -0.15) is 3.71 Å². The molecule has 0 aromatic carbocycles. The van der Waals surface area contributed by atoms with Crippen LogP contribution in [0.3, 0.4) is 0 Å². The van der Waals surface area contributed by atoms with Crippen LogP contribution >= 0.6 is 0 Å². The maximum absolute atomic E-state index is 9.67. The van der Waals surface area contributed by atoms with E-state index in [1.807, 2.05) is 0 Å². The molecule has 0 aromatic rings. The highest BCUT2D eigenvalue weighted by molar-refractivity contribution is 7.92. The van der Waals surface area contributed by atoms with Gasteiger partial charge in [-0.15, -0.1) is 0 Å². The van der Waals surface area contributed by atoms with Crippen molar-refractivity contribution in [3.63, 3.8) is 0 Å². The predicted molar refractivity (Wildman–Crippen MR) is 56.6 cm³/mol. The molecule has 2 unspecified atom stereocenters. The van der Waals surface area contributed by atoms with Crippen molar-refractivity contribution in [2.24, 2.45) is 0 Å². The first-order valence-electron chi connectivity index (χ1n) is 3.40. The van der Waals surface area contributed by atoms with Gasteiger partial charge in [0.2, 0.25) is 0 Å². The minimum Gasteiger partial charge on any atom is -0.759 e. The zero-order chi connectivity index (χ0) is 11.0. The van der Waals surface area contributed by atoms with E-state index >= 15 is 0 Å². The molecule has 6 nitrogen and oxygen atoms in total. The van der Waals surface area contributed by atoms with Gasteiger partial charge in [0.15, 0.2) is 0 Å². The summed E-state index contributed by atoms with van der Waals surface area (Å²) in [6.07, 6.45) is 0. The van der Waals surface area contributed by atoms with Gasteiger partial charge < -0.3 is 14.0 Å². The molecule has 8 heteroatoms. The van der Waals surface area contributed by atoms with Crippen molar-refractivity contribution in [2.75, 3.05) is 27.7 Å². The summed E-state index contributed by atoms with van der Waals surface area (Å²) in [5.41, 5.74) is 0. The van der Waals surface area contributed by atoms with Crippen LogP contribution in [0.15, 0.2) is 0 Å². The zero-order valence-electron chi connectivity index (χ0n) is 8.05. The Balaban J connectivity index is -0.000000177. The Morgan fingerprint density at radius 2 is 1.29 bits per heavy atom. The highest BCUT2D eigenvalue weighted by atomic mass is 32.3. The molecule has 0 aliphatic carbocycles. The number of rotatable bonds is 3. The van der Waals surface area contributed by atoms with Gasteiger partial charge in [-0.1, -0.05) is 14.4 Å². The minimum absolute atomic E-state index is 0. The van der Waals surface area contributed by atoms with E-state index in [0.29, 0.717) is 0 Å². The molecular formula is C6H18N2O4S2-2. The summed E-state index contributed by atoms with van der Waals surface area (Å²) < 4.78 is 38.9. The predicted octanol–water partition coefficient (Wildman–Crippen LogP) is -0.290. The maximum atomic E-state index is 9.67. The molecule has 0 N–H and O–H groups in total. The second-order valence-electron chi connectivity index (χ2n) is 2.27. The Bertz CT molecular complexity index is 163. The van der Waals surface area contributed by atoms with Crippen molar-refractivity contribution in [3.8, 4) is 0 Å². The lowest BCUT2D eigenvalue weighted by atomic mass is 10.7. The quantitative estimate of drug-likeness (QED) is 0.639. The molecule has 0 aromatic heterocycles. The summed E-state index contributed by atoms with van der Waals surface area (Å²) in [4.78, 5) is 2.12. The van der Waals surface area contributed by atoms with Crippen molar-refractivity contribution in [2.45, 2.75) is 14.4 Å². The molecule has 0 heterocycles. The van der Waals surface area contributed by atoms with Gasteiger partial charge in [-0.25, -0.2) is 0 Å². The van der Waals surface area contributed by atoms with Gasteiger partial charge >= 0.3 is 0 Å². The molecule has 0 bridgehead atoms. The molecule has 0 radical (unpaired) electrons. The molecule has 0 amide bonds. The second-order valence-corrected chi connectivity index (χ2v) is 4.46. The molecule has 0 saturated heterocycles. The molecule has 0 aliphatic heterocycles. The fraction of sp³-hybridized carbons (Fsp3) is 1.00. The van der Waals surface area contributed by atoms with Crippen molar-refractivity contribution >= 4 is 22.5 Å². The van der Waals surface area contributed by atoms with E-state index in [1.54, 1.807) is 0 Å². The normalized spacial score (nSPS) is 14.0. The van der Waals surface area contributed by atoms with Gasteiger partial charge in [0.05, 0.1) is 0 Å². The fourth-order valence-electron chi connectivity index (χ4n) is 0.0497. The third kappa shape index (κ3) is 14.7. The summed E-state index contributed by atoms with van der Waals surface area (Å²) in [6.45, 7) is 3.26. The third-order valence-electron chi connectivity index (χ3n) is 1.05. The van der Waals surface area contributed by atoms with Crippen LogP contribution in [-0.4, -0.2) is 53.8 Å². The molecule has 2 atom stereocenters. The highest BCUT2D eigenvalue weighted by Gasteiger charge is 1.92. The lowest BCUT2D eigenvalue weighted by molar-refractivity contribution is 0.434. The van der Waals surface area contributed by atoms with Gasteiger partial charge in [-0.3, -0.25) is 8.42 Å². The minimum atomic E-state index is -2.67. The molecular weight excluding hydrogens is 228 g/mol. The monoisotopic (exact) mass is 246 g/mol. The van der Waals surface area contributed by atoms with Gasteiger partial charge in [0.25, 0.3) is 0 Å². The molecule has 0 rings (SSSR count). The van der Waals surface area contributed by atoms with E-state index in [1.165, 1.54) is 0 Å². The number of nitrogens with zero attached hydrogens (tertiary/aromatic N) is 2. The Morgan fingerprint density at radius 1 is 1.07 bits per heavy atom. The second kappa shape index (κ2) is 11.2. The summed E-state index contributed by atoms with van der Waals surface area (Å²) in [6, 6.07) is 0. The van der Waals surface area contributed by atoms with E-state index in [2.05, 4.69) is 25.9 Å². The largest absolute Gasteiger partial charge is 0.759 e. The number of hydrogen-bond acceptors (Lipinski definition) is 5. The van der Waals surface area contributed by atoms with Crippen molar-refractivity contribution in [1.29, 1.82) is 0 Å². The van der Waals surface area contributed by atoms with Crippen molar-refractivity contribution in [3.05, 3.63) is 0 Å². The SMILES string of the molecule is C.CCN(C)C.CN(S(=O)[O-])S(=O)[O-]. The van der Waals surface area contributed by atoms with Crippen LogP contribution in [0.4, 0.5) is 0 Å². The lowest BCUT2D eigenvalue weighted by Crippen LogP contribution is -2.22. The van der Waals surface area contributed by atoms with Crippen LogP contribution in [0.2, 0.25) is 0 Å². The third-order valence-corrected chi connectivity index (χ3v) is 2.62. The Kier molecular flexibility index (Phi) is 15.8. The average Bonchev–Trinajstić information content (AvgIpc) is 2.03. The molecule has 14 heavy (non-hydrogen) atoms. The van der Waals surface area contributed by atoms with Crippen LogP contribution in [0, 0.1) is 0 Å². The molecule has 90 valence electrons. The topological polar surface area (TPSA) is 86.7 Å². The van der Waals surface area contributed by atoms with Gasteiger partial charge in [0.1, 0.15) is 0 Å². The van der Waals surface area contributed by atoms with Gasteiger partial charge in [-0.05, 0) is 20.6 Å². The first-order chi connectivity index (χ1) is 5.82. The van der Waals surface area contributed by atoms with Crippen LogP contribution in [-0.2, 0) is 22.5 Å². The van der Waals surface area contributed by atoms with E-state index in [0.717, 1.165) is 13.6 Å². The van der Waals surface area contributed by atoms with Gasteiger partial charge in [0, 0.05) is 29.6 Å². The average molecular weight is 246 g/mol.